The standard InChI is InChI=1S/C18H25N5O3.CH2O2/c1-12-8-15-19-9-13(17(26)23(15)20-12)16(25)22-6-3-5-18(11-22)10-21(2)7-4-14(18)24;2-1-3/h8-9,14,20,24H,3-7,10-11H2,1-2H3;1H,(H,2,3)/t14-,18-;/m0./s1. The largest absolute Gasteiger partial charge is 0.483 e. The van der Waals surface area contributed by atoms with Gasteiger partial charge in [-0.2, -0.15) is 0 Å². The molecule has 0 aromatic carbocycles. The third-order valence-corrected chi connectivity index (χ3v) is 5.82. The third-order valence-electron chi connectivity index (χ3n) is 5.82. The second kappa shape index (κ2) is 8.34. The summed E-state index contributed by atoms with van der Waals surface area (Å²) in [4.78, 5) is 42.3. The number of aliphatic hydroxyl groups excluding tert-OH is 1. The zero-order valence-electron chi connectivity index (χ0n) is 16.7. The highest BCUT2D eigenvalue weighted by Gasteiger charge is 2.45. The van der Waals surface area contributed by atoms with Crippen molar-refractivity contribution in [3.63, 3.8) is 0 Å². The third kappa shape index (κ3) is 4.03. The molecule has 1 amide bonds. The van der Waals surface area contributed by atoms with E-state index >= 15 is 0 Å². The lowest BCUT2D eigenvalue weighted by Gasteiger charge is -2.50. The summed E-state index contributed by atoms with van der Waals surface area (Å²) in [6.07, 6.45) is 3.40. The molecule has 0 aliphatic carbocycles. The Labute approximate surface area is 167 Å². The summed E-state index contributed by atoms with van der Waals surface area (Å²) in [6, 6.07) is 1.76. The number of carbonyl (C=O) groups excluding carboxylic acids is 1. The van der Waals surface area contributed by atoms with Crippen molar-refractivity contribution in [2.24, 2.45) is 5.41 Å². The average molecular weight is 405 g/mol. The van der Waals surface area contributed by atoms with E-state index in [0.717, 1.165) is 38.0 Å². The van der Waals surface area contributed by atoms with Crippen LogP contribution in [0.4, 0.5) is 0 Å². The van der Waals surface area contributed by atoms with Gasteiger partial charge in [-0.15, -0.1) is 0 Å². The molecule has 4 heterocycles. The number of piperidine rings is 2. The second-order valence-corrected chi connectivity index (χ2v) is 7.95. The number of nitrogens with one attached hydrogen (secondary N) is 1. The molecule has 2 atom stereocenters. The lowest BCUT2D eigenvalue weighted by atomic mass is 9.71. The fourth-order valence-electron chi connectivity index (χ4n) is 4.50. The van der Waals surface area contributed by atoms with Gasteiger partial charge in [0.05, 0.1) is 6.10 Å². The van der Waals surface area contributed by atoms with Gasteiger partial charge in [0, 0.05) is 49.6 Å². The minimum atomic E-state index is -0.415. The maximum Gasteiger partial charge on any atom is 0.290 e. The molecule has 10 heteroatoms. The summed E-state index contributed by atoms with van der Waals surface area (Å²) < 4.78 is 1.31. The lowest BCUT2D eigenvalue weighted by molar-refractivity contribution is -0.122. The molecule has 0 radical (unpaired) electrons. The van der Waals surface area contributed by atoms with Gasteiger partial charge >= 0.3 is 0 Å². The van der Waals surface area contributed by atoms with Gasteiger partial charge < -0.3 is 20.0 Å². The van der Waals surface area contributed by atoms with Crippen molar-refractivity contribution in [3.8, 4) is 0 Å². The fraction of sp³-hybridized carbons (Fsp3) is 0.579. The van der Waals surface area contributed by atoms with E-state index in [0.29, 0.717) is 18.7 Å². The van der Waals surface area contributed by atoms with E-state index in [-0.39, 0.29) is 28.9 Å². The highest BCUT2D eigenvalue weighted by Crippen LogP contribution is 2.38. The summed E-state index contributed by atoms with van der Waals surface area (Å²) in [7, 11) is 2.05. The maximum absolute atomic E-state index is 13.0. The zero-order valence-corrected chi connectivity index (χ0v) is 16.7. The van der Waals surface area contributed by atoms with Crippen LogP contribution in [0.3, 0.4) is 0 Å². The van der Waals surface area contributed by atoms with Crippen LogP contribution in [0.5, 0.6) is 0 Å². The number of amides is 1. The first-order valence-corrected chi connectivity index (χ1v) is 9.62. The number of rotatable bonds is 1. The highest BCUT2D eigenvalue weighted by atomic mass is 16.3. The molecule has 2 aromatic rings. The van der Waals surface area contributed by atoms with Crippen molar-refractivity contribution >= 4 is 18.0 Å². The maximum atomic E-state index is 13.0. The quantitative estimate of drug-likeness (QED) is 0.567. The van der Waals surface area contributed by atoms with Gasteiger partial charge in [-0.25, -0.2) is 9.50 Å². The SMILES string of the molecule is Cc1cc2ncc(C(=O)N3CCC[C@]4(CN(C)CC[C@@H]4O)C3)c(=O)n2[nH]1.O=CO. The monoisotopic (exact) mass is 405 g/mol. The number of likely N-dealkylation sites (tertiary alicyclic amines) is 2. The topological polar surface area (TPSA) is 131 Å². The van der Waals surface area contributed by atoms with E-state index in [1.165, 1.54) is 10.7 Å². The molecule has 4 rings (SSSR count). The molecule has 2 aromatic heterocycles. The zero-order chi connectivity index (χ0) is 21.2. The number of carboxylic acid groups (broad SMARTS) is 1. The van der Waals surface area contributed by atoms with Gasteiger partial charge in [0.1, 0.15) is 5.56 Å². The number of aliphatic hydroxyl groups is 1. The van der Waals surface area contributed by atoms with Crippen LogP contribution in [0.15, 0.2) is 17.1 Å². The number of aromatic nitrogens is 3. The Morgan fingerprint density at radius 2 is 2.10 bits per heavy atom. The molecule has 2 saturated heterocycles. The molecule has 3 N–H and O–H groups in total. The number of aryl methyl sites for hydroxylation is 1. The molecule has 2 fully saturated rings. The Morgan fingerprint density at radius 3 is 2.83 bits per heavy atom. The molecule has 10 nitrogen and oxygen atoms in total. The van der Waals surface area contributed by atoms with Crippen LogP contribution < -0.4 is 5.56 Å². The molecule has 1 spiro atoms. The Morgan fingerprint density at radius 1 is 1.38 bits per heavy atom. The summed E-state index contributed by atoms with van der Waals surface area (Å²) in [6.45, 7) is 4.30. The van der Waals surface area contributed by atoms with Crippen molar-refractivity contribution in [3.05, 3.63) is 33.9 Å². The molecule has 158 valence electrons. The second-order valence-electron chi connectivity index (χ2n) is 7.95. The van der Waals surface area contributed by atoms with Crippen LogP contribution in [0.25, 0.3) is 5.65 Å². The molecule has 29 heavy (non-hydrogen) atoms. The number of nitrogens with zero attached hydrogens (tertiary/aromatic N) is 4. The minimum Gasteiger partial charge on any atom is -0.483 e. The molecule has 0 saturated carbocycles. The van der Waals surface area contributed by atoms with Crippen LogP contribution >= 0.6 is 0 Å². The van der Waals surface area contributed by atoms with Crippen LogP contribution in [0, 0.1) is 12.3 Å². The molecular weight excluding hydrogens is 378 g/mol. The molecule has 2 aliphatic heterocycles. The van der Waals surface area contributed by atoms with Crippen LogP contribution in [-0.2, 0) is 4.79 Å². The van der Waals surface area contributed by atoms with E-state index in [2.05, 4.69) is 15.0 Å². The number of hydrogen-bond acceptors (Lipinski definition) is 6. The van der Waals surface area contributed by atoms with Gasteiger partial charge in [-0.05, 0) is 33.2 Å². The van der Waals surface area contributed by atoms with Gasteiger partial charge in [-0.1, -0.05) is 0 Å². The van der Waals surface area contributed by atoms with Crippen LogP contribution in [0.1, 0.15) is 35.3 Å². The number of fused-ring (bicyclic) bond motifs is 1. The molecule has 0 unspecified atom stereocenters. The number of H-pyrrole nitrogens is 1. The fourth-order valence-corrected chi connectivity index (χ4v) is 4.50. The number of hydrogen-bond donors (Lipinski definition) is 3. The van der Waals surface area contributed by atoms with E-state index in [1.54, 1.807) is 11.0 Å². The summed E-state index contributed by atoms with van der Waals surface area (Å²) >= 11 is 0. The Bertz CT molecular complexity index is 954. The lowest BCUT2D eigenvalue weighted by Crippen LogP contribution is -2.59. The number of aromatic amines is 1. The van der Waals surface area contributed by atoms with Crippen LogP contribution in [-0.4, -0.2) is 86.3 Å². The first kappa shape index (κ1) is 21.0. The van der Waals surface area contributed by atoms with E-state index in [1.807, 2.05) is 14.0 Å². The van der Waals surface area contributed by atoms with Crippen molar-refractivity contribution in [1.82, 2.24) is 24.4 Å². The van der Waals surface area contributed by atoms with Crippen molar-refractivity contribution in [2.45, 2.75) is 32.3 Å². The minimum absolute atomic E-state index is 0.0695. The van der Waals surface area contributed by atoms with E-state index in [9.17, 15) is 14.7 Å². The van der Waals surface area contributed by atoms with Gasteiger partial charge in [-0.3, -0.25) is 19.5 Å². The van der Waals surface area contributed by atoms with Crippen LogP contribution in [0.2, 0.25) is 0 Å². The number of carbonyl (C=O) groups is 2. The van der Waals surface area contributed by atoms with E-state index < -0.39 is 6.10 Å². The Kier molecular flexibility index (Phi) is 6.04. The highest BCUT2D eigenvalue weighted by molar-refractivity contribution is 5.93. The molecule has 0 bridgehead atoms. The van der Waals surface area contributed by atoms with Crippen molar-refractivity contribution in [2.75, 3.05) is 33.2 Å². The summed E-state index contributed by atoms with van der Waals surface area (Å²) in [5.41, 5.74) is 0.694. The molecular formula is C19H27N5O5. The molecule has 2 aliphatic rings. The van der Waals surface area contributed by atoms with Gasteiger partial charge in [0.25, 0.3) is 17.9 Å². The Hall–Kier alpha value is -2.72. The van der Waals surface area contributed by atoms with Gasteiger partial charge in [0.2, 0.25) is 0 Å². The average Bonchev–Trinajstić information content (AvgIpc) is 3.07. The van der Waals surface area contributed by atoms with Crippen molar-refractivity contribution in [1.29, 1.82) is 0 Å². The smallest absolute Gasteiger partial charge is 0.290 e. The normalized spacial score (nSPS) is 24.9. The first-order chi connectivity index (χ1) is 13.8. The van der Waals surface area contributed by atoms with Crippen molar-refractivity contribution < 1.29 is 19.8 Å². The summed E-state index contributed by atoms with van der Waals surface area (Å²) in [5, 5.41) is 20.4. The first-order valence-electron chi connectivity index (χ1n) is 9.62. The van der Waals surface area contributed by atoms with Gasteiger partial charge in [0.15, 0.2) is 5.65 Å². The Balaban J connectivity index is 0.000000755. The predicted molar refractivity (Wildman–Crippen MR) is 105 cm³/mol. The summed E-state index contributed by atoms with van der Waals surface area (Å²) in [5.74, 6) is -0.302. The van der Waals surface area contributed by atoms with E-state index in [4.69, 9.17) is 9.90 Å². The predicted octanol–water partition coefficient (Wildman–Crippen LogP) is -0.0494.